The Morgan fingerprint density at radius 3 is 2.79 bits per heavy atom. The molecule has 1 rings (SSSR count). The van der Waals surface area contributed by atoms with Gasteiger partial charge in [0.1, 0.15) is 5.82 Å². The number of hydrogen-bond acceptors (Lipinski definition) is 3. The lowest BCUT2D eigenvalue weighted by molar-refractivity contribution is 0.787. The monoisotopic (exact) mass is 233 g/mol. The molecule has 5 heteroatoms. The molecule has 0 bridgehead atoms. The smallest absolute Gasteiger partial charge is 0.147 e. The average molecular weight is 234 g/mol. The van der Waals surface area contributed by atoms with Crippen LogP contribution in [0.25, 0.3) is 0 Å². The Kier molecular flexibility index (Phi) is 4.45. The van der Waals surface area contributed by atoms with Crippen molar-refractivity contribution in [2.75, 3.05) is 25.0 Å². The average Bonchev–Trinajstić information content (AvgIpc) is 2.14. The molecule has 0 aromatic carbocycles. The third-order valence-electron chi connectivity index (χ3n) is 1.85. The zero-order valence-corrected chi connectivity index (χ0v) is 9.52. The van der Waals surface area contributed by atoms with Gasteiger partial charge in [0.25, 0.3) is 0 Å². The first kappa shape index (κ1) is 11.6. The molecule has 1 aromatic rings. The number of anilines is 1. The quantitative estimate of drug-likeness (QED) is 0.868. The van der Waals surface area contributed by atoms with Crippen molar-refractivity contribution in [1.29, 1.82) is 0 Å². The zero-order valence-electron chi connectivity index (χ0n) is 8.00. The number of hydrogen-bond donors (Lipinski definition) is 1. The van der Waals surface area contributed by atoms with Gasteiger partial charge in [0.15, 0.2) is 0 Å². The SMILES string of the molecule is CN(CCCN)c1ncc(Cl)cc1Cl. The van der Waals surface area contributed by atoms with Gasteiger partial charge in [-0.15, -0.1) is 0 Å². The van der Waals surface area contributed by atoms with Crippen LogP contribution < -0.4 is 10.6 Å². The van der Waals surface area contributed by atoms with Crippen LogP contribution in [-0.4, -0.2) is 25.1 Å². The fourth-order valence-electron chi connectivity index (χ4n) is 1.12. The highest BCUT2D eigenvalue weighted by Gasteiger charge is 2.07. The molecule has 0 saturated heterocycles. The van der Waals surface area contributed by atoms with Crippen LogP contribution in [0.5, 0.6) is 0 Å². The fourth-order valence-corrected chi connectivity index (χ4v) is 1.65. The fraction of sp³-hybridized carbons (Fsp3) is 0.444. The van der Waals surface area contributed by atoms with Crippen molar-refractivity contribution in [2.45, 2.75) is 6.42 Å². The van der Waals surface area contributed by atoms with Gasteiger partial charge in [-0.25, -0.2) is 4.98 Å². The van der Waals surface area contributed by atoms with Crippen LogP contribution in [0, 0.1) is 0 Å². The molecular weight excluding hydrogens is 221 g/mol. The summed E-state index contributed by atoms with van der Waals surface area (Å²) in [5, 5.41) is 1.11. The van der Waals surface area contributed by atoms with Crippen LogP contribution in [0.1, 0.15) is 6.42 Å². The highest BCUT2D eigenvalue weighted by molar-refractivity contribution is 6.35. The Morgan fingerprint density at radius 2 is 2.21 bits per heavy atom. The maximum Gasteiger partial charge on any atom is 0.147 e. The molecule has 78 valence electrons. The Labute approximate surface area is 93.8 Å². The second-order valence-corrected chi connectivity index (χ2v) is 3.87. The van der Waals surface area contributed by atoms with Crippen LogP contribution in [0.2, 0.25) is 10.0 Å². The molecule has 0 unspecified atom stereocenters. The first-order valence-electron chi connectivity index (χ1n) is 4.37. The van der Waals surface area contributed by atoms with E-state index >= 15 is 0 Å². The minimum absolute atomic E-state index is 0.547. The van der Waals surface area contributed by atoms with Gasteiger partial charge in [-0.1, -0.05) is 23.2 Å². The van der Waals surface area contributed by atoms with Gasteiger partial charge in [-0.05, 0) is 19.0 Å². The summed E-state index contributed by atoms with van der Waals surface area (Å²) in [5.74, 6) is 0.740. The van der Waals surface area contributed by atoms with E-state index in [9.17, 15) is 0 Å². The molecule has 0 spiro atoms. The van der Waals surface area contributed by atoms with Crippen LogP contribution in [-0.2, 0) is 0 Å². The van der Waals surface area contributed by atoms with Crippen molar-refractivity contribution >= 4 is 29.0 Å². The molecule has 0 fully saturated rings. The van der Waals surface area contributed by atoms with Gasteiger partial charge in [-0.2, -0.15) is 0 Å². The first-order valence-corrected chi connectivity index (χ1v) is 5.13. The molecule has 14 heavy (non-hydrogen) atoms. The van der Waals surface area contributed by atoms with E-state index < -0.39 is 0 Å². The lowest BCUT2D eigenvalue weighted by Gasteiger charge is -2.18. The number of halogens is 2. The van der Waals surface area contributed by atoms with E-state index in [2.05, 4.69) is 4.98 Å². The van der Waals surface area contributed by atoms with Crippen LogP contribution >= 0.6 is 23.2 Å². The maximum absolute atomic E-state index is 5.98. The van der Waals surface area contributed by atoms with Gasteiger partial charge in [0.05, 0.1) is 10.0 Å². The normalized spacial score (nSPS) is 10.3. The first-order chi connectivity index (χ1) is 6.65. The lowest BCUT2D eigenvalue weighted by atomic mass is 10.3. The number of aromatic nitrogens is 1. The van der Waals surface area contributed by atoms with Crippen molar-refractivity contribution < 1.29 is 0 Å². The van der Waals surface area contributed by atoms with E-state index in [1.54, 1.807) is 12.3 Å². The van der Waals surface area contributed by atoms with Crippen molar-refractivity contribution in [3.8, 4) is 0 Å². The van der Waals surface area contributed by atoms with E-state index in [1.807, 2.05) is 11.9 Å². The largest absolute Gasteiger partial charge is 0.358 e. The summed E-state index contributed by atoms with van der Waals surface area (Å²) in [6.45, 7) is 1.50. The van der Waals surface area contributed by atoms with E-state index in [-0.39, 0.29) is 0 Å². The van der Waals surface area contributed by atoms with Crippen molar-refractivity contribution in [3.63, 3.8) is 0 Å². The molecule has 0 amide bonds. The standard InChI is InChI=1S/C9H13Cl2N3/c1-14(4-2-3-12)9-8(11)5-7(10)6-13-9/h5-6H,2-4,12H2,1H3. The minimum atomic E-state index is 0.547. The minimum Gasteiger partial charge on any atom is -0.358 e. The summed E-state index contributed by atoms with van der Waals surface area (Å²) < 4.78 is 0. The predicted molar refractivity (Wildman–Crippen MR) is 61.2 cm³/mol. The number of nitrogens with zero attached hydrogens (tertiary/aromatic N) is 2. The molecule has 0 atom stereocenters. The van der Waals surface area contributed by atoms with Gasteiger partial charge >= 0.3 is 0 Å². The van der Waals surface area contributed by atoms with Crippen molar-refractivity contribution in [1.82, 2.24) is 4.98 Å². The van der Waals surface area contributed by atoms with E-state index in [4.69, 9.17) is 28.9 Å². The molecule has 0 radical (unpaired) electrons. The summed E-state index contributed by atoms with van der Waals surface area (Å²) in [6.07, 6.45) is 2.50. The van der Waals surface area contributed by atoms with E-state index in [0.29, 0.717) is 16.6 Å². The molecule has 0 aliphatic rings. The van der Waals surface area contributed by atoms with Gasteiger partial charge in [0.2, 0.25) is 0 Å². The highest BCUT2D eigenvalue weighted by atomic mass is 35.5. The van der Waals surface area contributed by atoms with E-state index in [0.717, 1.165) is 18.8 Å². The molecule has 1 heterocycles. The predicted octanol–water partition coefficient (Wildman–Crippen LogP) is 2.17. The summed E-state index contributed by atoms with van der Waals surface area (Å²) in [7, 11) is 1.93. The Bertz CT molecular complexity index is 304. The number of nitrogens with two attached hydrogens (primary N) is 1. The summed E-state index contributed by atoms with van der Waals surface area (Å²) >= 11 is 11.7. The second-order valence-electron chi connectivity index (χ2n) is 3.02. The lowest BCUT2D eigenvalue weighted by Crippen LogP contribution is -2.22. The van der Waals surface area contributed by atoms with Gasteiger partial charge in [-0.3, -0.25) is 0 Å². The summed E-state index contributed by atoms with van der Waals surface area (Å²) in [4.78, 5) is 6.12. The molecular formula is C9H13Cl2N3. The Hall–Kier alpha value is -0.510. The number of rotatable bonds is 4. The summed E-state index contributed by atoms with van der Waals surface area (Å²) in [6, 6.07) is 1.68. The molecule has 0 saturated carbocycles. The van der Waals surface area contributed by atoms with Crippen LogP contribution in [0.3, 0.4) is 0 Å². The van der Waals surface area contributed by atoms with Gasteiger partial charge < -0.3 is 10.6 Å². The zero-order chi connectivity index (χ0) is 10.6. The number of pyridine rings is 1. The molecule has 2 N–H and O–H groups in total. The van der Waals surface area contributed by atoms with Crippen molar-refractivity contribution in [2.24, 2.45) is 5.73 Å². The third-order valence-corrected chi connectivity index (χ3v) is 2.33. The molecule has 3 nitrogen and oxygen atoms in total. The summed E-state index contributed by atoms with van der Waals surface area (Å²) in [5.41, 5.74) is 5.42. The topological polar surface area (TPSA) is 42.1 Å². The highest BCUT2D eigenvalue weighted by Crippen LogP contribution is 2.24. The Balaban J connectivity index is 2.74. The Morgan fingerprint density at radius 1 is 1.50 bits per heavy atom. The van der Waals surface area contributed by atoms with Crippen LogP contribution in [0.15, 0.2) is 12.3 Å². The molecule has 0 aliphatic heterocycles. The third kappa shape index (κ3) is 3.01. The molecule has 1 aromatic heterocycles. The van der Waals surface area contributed by atoms with Gasteiger partial charge in [0, 0.05) is 19.8 Å². The van der Waals surface area contributed by atoms with E-state index in [1.165, 1.54) is 0 Å². The molecule has 0 aliphatic carbocycles. The van der Waals surface area contributed by atoms with Crippen LogP contribution in [0.4, 0.5) is 5.82 Å². The van der Waals surface area contributed by atoms with Crippen molar-refractivity contribution in [3.05, 3.63) is 22.3 Å². The maximum atomic E-state index is 5.98. The second kappa shape index (κ2) is 5.39.